The van der Waals surface area contributed by atoms with Crippen molar-refractivity contribution < 1.29 is 9.59 Å². The normalized spacial score (nSPS) is 20.1. The molecule has 0 unspecified atom stereocenters. The van der Waals surface area contributed by atoms with E-state index >= 15 is 0 Å². The van der Waals surface area contributed by atoms with Crippen molar-refractivity contribution in [1.82, 2.24) is 14.9 Å². The van der Waals surface area contributed by atoms with Crippen LogP contribution in [-0.4, -0.2) is 45.5 Å². The average molecular weight is 449 g/mol. The molecule has 4 aromatic rings. The zero-order valence-corrected chi connectivity index (χ0v) is 18.8. The standard InChI is InChI=1S/C28H24N4O2/c1-18-11-13-19(14-12-18)16-29-31-17-25(33)32-24(28(31)34)15-22-21-9-5-6-10-23(21)30-26(22)27(32)20-7-3-2-4-8-20/h2-14,16,24,27,30H,15,17H2,1H3/b29-16-/t24-,27-/m0/s1. The van der Waals surface area contributed by atoms with Gasteiger partial charge in [0.1, 0.15) is 12.6 Å². The molecule has 2 atom stereocenters. The minimum atomic E-state index is -0.603. The van der Waals surface area contributed by atoms with Gasteiger partial charge in [0.25, 0.3) is 5.91 Å². The Morgan fingerprint density at radius 1 is 0.941 bits per heavy atom. The van der Waals surface area contributed by atoms with Crippen molar-refractivity contribution in [2.45, 2.75) is 25.4 Å². The molecular weight excluding hydrogens is 424 g/mol. The van der Waals surface area contributed by atoms with Gasteiger partial charge in [0.15, 0.2) is 0 Å². The van der Waals surface area contributed by atoms with Gasteiger partial charge in [-0.1, -0.05) is 78.4 Å². The smallest absolute Gasteiger partial charge is 0.266 e. The van der Waals surface area contributed by atoms with Crippen LogP contribution >= 0.6 is 0 Å². The fourth-order valence-electron chi connectivity index (χ4n) is 5.12. The molecular formula is C28H24N4O2. The molecule has 6 rings (SSSR count). The number of nitrogens with zero attached hydrogens (tertiary/aromatic N) is 3. The number of carbonyl (C=O) groups is 2. The second-order valence-corrected chi connectivity index (χ2v) is 8.95. The molecule has 6 nitrogen and oxygen atoms in total. The van der Waals surface area contributed by atoms with Crippen molar-refractivity contribution in [3.05, 3.63) is 107 Å². The lowest BCUT2D eigenvalue weighted by Gasteiger charge is -2.45. The third kappa shape index (κ3) is 3.30. The fourth-order valence-corrected chi connectivity index (χ4v) is 5.12. The Hall–Kier alpha value is -4.19. The second-order valence-electron chi connectivity index (χ2n) is 8.95. The Morgan fingerprint density at radius 2 is 1.68 bits per heavy atom. The first-order valence-electron chi connectivity index (χ1n) is 11.5. The van der Waals surface area contributed by atoms with Gasteiger partial charge in [-0.2, -0.15) is 5.10 Å². The topological polar surface area (TPSA) is 68.8 Å². The van der Waals surface area contributed by atoms with Crippen LogP contribution in [0.3, 0.4) is 0 Å². The van der Waals surface area contributed by atoms with Crippen LogP contribution in [0.5, 0.6) is 0 Å². The maximum Gasteiger partial charge on any atom is 0.266 e. The predicted molar refractivity (Wildman–Crippen MR) is 131 cm³/mol. The summed E-state index contributed by atoms with van der Waals surface area (Å²) in [4.78, 5) is 32.4. The van der Waals surface area contributed by atoms with E-state index in [1.807, 2.05) is 79.7 Å². The molecule has 1 fully saturated rings. The van der Waals surface area contributed by atoms with Crippen LogP contribution in [0.1, 0.15) is 34.0 Å². The molecule has 2 aliphatic rings. The number of rotatable bonds is 3. The van der Waals surface area contributed by atoms with E-state index in [9.17, 15) is 9.59 Å². The highest BCUT2D eigenvalue weighted by atomic mass is 16.2. The van der Waals surface area contributed by atoms with Crippen molar-refractivity contribution in [2.75, 3.05) is 6.54 Å². The van der Waals surface area contributed by atoms with E-state index in [0.29, 0.717) is 6.42 Å². The van der Waals surface area contributed by atoms with Crippen LogP contribution in [0.4, 0.5) is 0 Å². The van der Waals surface area contributed by atoms with Gasteiger partial charge in [-0.25, -0.2) is 5.01 Å². The summed E-state index contributed by atoms with van der Waals surface area (Å²) in [7, 11) is 0. The maximum absolute atomic E-state index is 13.6. The molecule has 1 N–H and O–H groups in total. The third-order valence-electron chi connectivity index (χ3n) is 6.78. The van der Waals surface area contributed by atoms with Crippen LogP contribution in [0.2, 0.25) is 0 Å². The first-order valence-corrected chi connectivity index (χ1v) is 11.5. The fraction of sp³-hybridized carbons (Fsp3) is 0.179. The Labute approximate surface area is 197 Å². The largest absolute Gasteiger partial charge is 0.356 e. The number of benzene rings is 3. The van der Waals surface area contributed by atoms with Crippen molar-refractivity contribution in [3.8, 4) is 0 Å². The molecule has 34 heavy (non-hydrogen) atoms. The number of para-hydroxylation sites is 1. The molecule has 3 heterocycles. The lowest BCUT2D eigenvalue weighted by Crippen LogP contribution is -2.61. The Bertz CT molecular complexity index is 1420. The minimum absolute atomic E-state index is 0.0728. The number of hydrogen-bond acceptors (Lipinski definition) is 3. The van der Waals surface area contributed by atoms with Crippen LogP contribution < -0.4 is 0 Å². The number of nitrogens with one attached hydrogen (secondary N) is 1. The number of fused-ring (bicyclic) bond motifs is 4. The number of amides is 2. The highest BCUT2D eigenvalue weighted by Gasteiger charge is 2.48. The zero-order valence-electron chi connectivity index (χ0n) is 18.8. The quantitative estimate of drug-likeness (QED) is 0.478. The van der Waals surface area contributed by atoms with Crippen LogP contribution in [-0.2, 0) is 16.0 Å². The van der Waals surface area contributed by atoms with Crippen molar-refractivity contribution in [3.63, 3.8) is 0 Å². The summed E-state index contributed by atoms with van der Waals surface area (Å²) in [6, 6.07) is 25.0. The molecule has 2 amide bonds. The lowest BCUT2D eigenvalue weighted by atomic mass is 9.86. The summed E-state index contributed by atoms with van der Waals surface area (Å²) in [6.07, 6.45) is 2.11. The Balaban J connectivity index is 1.42. The summed E-state index contributed by atoms with van der Waals surface area (Å²) < 4.78 is 0. The number of hydrogen-bond donors (Lipinski definition) is 1. The monoisotopic (exact) mass is 448 g/mol. The number of aryl methyl sites for hydroxylation is 1. The van der Waals surface area contributed by atoms with Gasteiger partial charge >= 0.3 is 0 Å². The Morgan fingerprint density at radius 3 is 2.47 bits per heavy atom. The molecule has 168 valence electrons. The number of piperazine rings is 1. The van der Waals surface area contributed by atoms with E-state index in [1.54, 1.807) is 11.1 Å². The van der Waals surface area contributed by atoms with Gasteiger partial charge in [-0.05, 0) is 29.7 Å². The molecule has 6 heteroatoms. The lowest BCUT2D eigenvalue weighted by molar-refractivity contribution is -0.158. The molecule has 0 aliphatic carbocycles. The van der Waals surface area contributed by atoms with Gasteiger partial charge in [0, 0.05) is 23.0 Å². The molecule has 0 bridgehead atoms. The van der Waals surface area contributed by atoms with E-state index in [2.05, 4.69) is 16.2 Å². The summed E-state index contributed by atoms with van der Waals surface area (Å²) in [6.45, 7) is 1.95. The van der Waals surface area contributed by atoms with Crippen LogP contribution in [0.25, 0.3) is 10.9 Å². The van der Waals surface area contributed by atoms with Gasteiger partial charge in [0.05, 0.1) is 12.3 Å². The van der Waals surface area contributed by atoms with Gasteiger partial charge < -0.3 is 9.88 Å². The summed E-state index contributed by atoms with van der Waals surface area (Å²) >= 11 is 0. The van der Waals surface area contributed by atoms with Crippen LogP contribution in [0.15, 0.2) is 84.0 Å². The average Bonchev–Trinajstić information content (AvgIpc) is 3.24. The molecule has 3 aromatic carbocycles. The van der Waals surface area contributed by atoms with Crippen molar-refractivity contribution in [1.29, 1.82) is 0 Å². The third-order valence-corrected chi connectivity index (χ3v) is 6.78. The SMILES string of the molecule is Cc1ccc(/C=N\N2CC(=O)N3[C@@H](c4ccccc4)c4[nH]c5ccccc5c4C[C@H]3C2=O)cc1. The number of H-pyrrole nitrogens is 1. The molecule has 0 saturated carbocycles. The van der Waals surface area contributed by atoms with Crippen LogP contribution in [0, 0.1) is 6.92 Å². The first-order chi connectivity index (χ1) is 16.6. The van der Waals surface area contributed by atoms with Gasteiger partial charge in [-0.15, -0.1) is 0 Å². The van der Waals surface area contributed by atoms with E-state index in [0.717, 1.165) is 38.9 Å². The zero-order chi connectivity index (χ0) is 23.2. The van der Waals surface area contributed by atoms with E-state index in [4.69, 9.17) is 0 Å². The number of aromatic nitrogens is 1. The van der Waals surface area contributed by atoms with Gasteiger partial charge in [-0.3, -0.25) is 9.59 Å². The van der Waals surface area contributed by atoms with E-state index in [-0.39, 0.29) is 24.4 Å². The molecule has 0 spiro atoms. The number of aromatic amines is 1. The highest BCUT2D eigenvalue weighted by Crippen LogP contribution is 2.42. The van der Waals surface area contributed by atoms with E-state index < -0.39 is 6.04 Å². The second kappa shape index (κ2) is 7.99. The first kappa shape index (κ1) is 20.4. The van der Waals surface area contributed by atoms with Crippen molar-refractivity contribution in [2.24, 2.45) is 5.10 Å². The predicted octanol–water partition coefficient (Wildman–Crippen LogP) is 4.20. The van der Waals surface area contributed by atoms with Crippen molar-refractivity contribution >= 4 is 28.9 Å². The minimum Gasteiger partial charge on any atom is -0.356 e. The van der Waals surface area contributed by atoms with E-state index in [1.165, 1.54) is 5.01 Å². The Kier molecular flexibility index (Phi) is 4.80. The molecule has 1 saturated heterocycles. The molecule has 0 radical (unpaired) electrons. The highest BCUT2D eigenvalue weighted by molar-refractivity contribution is 5.98. The maximum atomic E-state index is 13.6. The number of carbonyl (C=O) groups excluding carboxylic acids is 2. The van der Waals surface area contributed by atoms with Gasteiger partial charge in [0.2, 0.25) is 5.91 Å². The molecule has 1 aromatic heterocycles. The molecule has 2 aliphatic heterocycles. The summed E-state index contributed by atoms with van der Waals surface area (Å²) in [5.41, 5.74) is 6.12. The summed E-state index contributed by atoms with van der Waals surface area (Å²) in [5.74, 6) is -0.261. The number of hydrazone groups is 1. The summed E-state index contributed by atoms with van der Waals surface area (Å²) in [5, 5.41) is 6.83.